The number of thiophene rings is 1. The number of hydrogen-bond donors (Lipinski definition) is 4. The third-order valence-corrected chi connectivity index (χ3v) is 7.64. The van der Waals surface area contributed by atoms with Gasteiger partial charge in [0.25, 0.3) is 10.0 Å². The van der Waals surface area contributed by atoms with Crippen molar-refractivity contribution in [2.45, 2.75) is 16.7 Å². The zero-order valence-corrected chi connectivity index (χ0v) is 20.8. The second-order valence-electron chi connectivity index (χ2n) is 6.60. The predicted molar refractivity (Wildman–Crippen MR) is 123 cm³/mol. The molecular weight excluding hydrogens is 528 g/mol. The molecule has 0 spiro atoms. The van der Waals surface area contributed by atoms with Gasteiger partial charge in [-0.15, -0.1) is 21.1 Å². The van der Waals surface area contributed by atoms with E-state index in [2.05, 4.69) is 5.10 Å². The number of amides is 1. The van der Waals surface area contributed by atoms with E-state index in [4.69, 9.17) is 20.7 Å². The number of primary sulfonamides is 1. The monoisotopic (exact) mass is 548 g/mol. The highest BCUT2D eigenvalue weighted by atomic mass is 32.2. The van der Waals surface area contributed by atoms with Crippen molar-refractivity contribution in [1.29, 1.82) is 0 Å². The molecule has 0 fully saturated rings. The molecule has 0 atom stereocenters. The van der Waals surface area contributed by atoms with Crippen LogP contribution in [0.5, 0.6) is 6.01 Å². The van der Waals surface area contributed by atoms with Gasteiger partial charge in [-0.3, -0.25) is 0 Å². The summed E-state index contributed by atoms with van der Waals surface area (Å²) in [7, 11) is -5.60. The maximum absolute atomic E-state index is 12.3. The van der Waals surface area contributed by atoms with Gasteiger partial charge in [-0.1, -0.05) is 0 Å². The number of carbonyl (C=O) groups excluding carboxylic acids is 1. The Hall–Kier alpha value is -3.74. The Morgan fingerprint density at radius 1 is 1.17 bits per heavy atom. The van der Waals surface area contributed by atoms with Gasteiger partial charge in [-0.2, -0.15) is 0 Å². The lowest BCUT2D eigenvalue weighted by molar-refractivity contribution is 0.0693. The van der Waals surface area contributed by atoms with Crippen molar-refractivity contribution in [1.82, 2.24) is 19.1 Å². The SMILES string of the molecule is COc1nn(C(=O)NS(=O)(=O)c2c(C(=O)O)csc2C)c(=O)n1C.Nc1ccc(S(N)(=O)=O)cc1. The number of hydrogen-bond acceptors (Lipinski definition) is 11. The number of aromatic carboxylic acids is 1. The molecule has 3 aromatic rings. The molecule has 1 aromatic carbocycles. The lowest BCUT2D eigenvalue weighted by Crippen LogP contribution is -2.40. The number of methoxy groups -OCH3 is 1. The van der Waals surface area contributed by atoms with Gasteiger partial charge < -0.3 is 15.6 Å². The normalized spacial score (nSPS) is 11.3. The van der Waals surface area contributed by atoms with E-state index in [-0.39, 0.29) is 20.5 Å². The fourth-order valence-corrected chi connectivity index (χ4v) is 5.55. The maximum atomic E-state index is 12.3. The zero-order valence-electron chi connectivity index (χ0n) is 18.3. The molecule has 190 valence electrons. The molecule has 0 radical (unpaired) electrons. The third-order valence-electron chi connectivity index (χ3n) is 4.16. The smallest absolute Gasteiger partial charge is 0.360 e. The van der Waals surface area contributed by atoms with Crippen LogP contribution in [0.15, 0.2) is 44.2 Å². The number of benzene rings is 1. The second kappa shape index (κ2) is 10.3. The minimum atomic E-state index is -4.52. The summed E-state index contributed by atoms with van der Waals surface area (Å²) in [6, 6.07) is 4.14. The highest BCUT2D eigenvalue weighted by molar-refractivity contribution is 7.90. The van der Waals surface area contributed by atoms with Crippen LogP contribution in [-0.2, 0) is 27.1 Å². The minimum absolute atomic E-state index is 0.0756. The third kappa shape index (κ3) is 6.23. The number of carboxylic acids is 1. The maximum Gasteiger partial charge on any atom is 0.360 e. The number of anilines is 1. The van der Waals surface area contributed by atoms with Crippen LogP contribution in [-0.4, -0.2) is 55.4 Å². The molecule has 3 rings (SSSR count). The van der Waals surface area contributed by atoms with Crippen molar-refractivity contribution in [2.24, 2.45) is 12.2 Å². The van der Waals surface area contributed by atoms with Crippen molar-refractivity contribution in [3.63, 3.8) is 0 Å². The van der Waals surface area contributed by atoms with Gasteiger partial charge in [0.1, 0.15) is 4.90 Å². The first-order valence-electron chi connectivity index (χ1n) is 9.07. The molecule has 0 aliphatic rings. The Labute approximate surface area is 202 Å². The summed E-state index contributed by atoms with van der Waals surface area (Å²) < 4.78 is 53.5. The lowest BCUT2D eigenvalue weighted by Gasteiger charge is -2.06. The van der Waals surface area contributed by atoms with Crippen LogP contribution in [0, 0.1) is 6.92 Å². The zero-order chi connectivity index (χ0) is 26.7. The van der Waals surface area contributed by atoms with Crippen LogP contribution in [0.25, 0.3) is 0 Å². The molecular formula is C17H20N6O9S3. The number of carboxylic acid groups (broad SMARTS) is 1. The molecule has 0 unspecified atom stereocenters. The van der Waals surface area contributed by atoms with E-state index in [1.165, 1.54) is 45.3 Å². The first kappa shape index (κ1) is 27.5. The number of aromatic nitrogens is 3. The molecule has 1 amide bonds. The Kier molecular flexibility index (Phi) is 8.06. The molecule has 6 N–H and O–H groups in total. The first-order chi connectivity index (χ1) is 16.1. The van der Waals surface area contributed by atoms with E-state index in [1.54, 1.807) is 4.72 Å². The topological polar surface area (TPSA) is 236 Å². The highest BCUT2D eigenvalue weighted by Gasteiger charge is 2.30. The summed E-state index contributed by atoms with van der Waals surface area (Å²) in [5, 5.41) is 18.6. The number of nitrogen functional groups attached to an aromatic ring is 1. The number of sulfonamides is 2. The molecule has 18 heteroatoms. The van der Waals surface area contributed by atoms with Crippen molar-refractivity contribution < 1.29 is 36.3 Å². The van der Waals surface area contributed by atoms with Crippen molar-refractivity contribution in [3.8, 4) is 6.01 Å². The van der Waals surface area contributed by atoms with Crippen LogP contribution < -0.4 is 26.0 Å². The number of aryl methyl sites for hydroxylation is 1. The molecule has 35 heavy (non-hydrogen) atoms. The van der Waals surface area contributed by atoms with Gasteiger partial charge in [0.2, 0.25) is 10.0 Å². The molecule has 0 aliphatic carbocycles. The Morgan fingerprint density at radius 2 is 1.74 bits per heavy atom. The van der Waals surface area contributed by atoms with E-state index >= 15 is 0 Å². The number of ether oxygens (including phenoxy) is 1. The van der Waals surface area contributed by atoms with Gasteiger partial charge >= 0.3 is 23.7 Å². The van der Waals surface area contributed by atoms with Crippen LogP contribution in [0.2, 0.25) is 0 Å². The molecule has 0 bridgehead atoms. The number of rotatable bonds is 5. The van der Waals surface area contributed by atoms with Gasteiger partial charge in [-0.05, 0) is 31.2 Å². The Bertz CT molecular complexity index is 1530. The molecule has 2 aromatic heterocycles. The van der Waals surface area contributed by atoms with Crippen LogP contribution in [0.4, 0.5) is 10.5 Å². The molecule has 2 heterocycles. The predicted octanol–water partition coefficient (Wildman–Crippen LogP) is -0.479. The number of nitrogens with one attached hydrogen (secondary N) is 1. The fourth-order valence-electron chi connectivity index (χ4n) is 2.52. The molecule has 0 saturated heterocycles. The van der Waals surface area contributed by atoms with E-state index in [1.807, 2.05) is 0 Å². The number of carbonyl (C=O) groups is 2. The summed E-state index contributed by atoms with van der Waals surface area (Å²) >= 11 is 0.903. The van der Waals surface area contributed by atoms with E-state index < -0.39 is 48.2 Å². The standard InChI is InChI=1S/C11H12N4O7S2.C6H8N2O2S/c1-5-7(6(4-23-5)8(16)17)24(20,21)13-9(18)15-11(19)14(2)10(12-15)22-3;7-5-1-3-6(4-2-5)11(8,9)10/h4H,1-3H3,(H,13,18)(H,16,17);1-4H,7H2,(H2,8,9,10). The summed E-state index contributed by atoms with van der Waals surface area (Å²) in [5.41, 5.74) is 4.45. The van der Waals surface area contributed by atoms with Gasteiger partial charge in [0.15, 0.2) is 0 Å². The first-order valence-corrected chi connectivity index (χ1v) is 13.0. The molecule has 0 aliphatic heterocycles. The highest BCUT2D eigenvalue weighted by Crippen LogP contribution is 2.26. The number of nitrogens with two attached hydrogens (primary N) is 2. The summed E-state index contributed by atoms with van der Waals surface area (Å²) in [5.74, 6) is -1.45. The van der Waals surface area contributed by atoms with Crippen molar-refractivity contribution >= 4 is 49.1 Å². The Morgan fingerprint density at radius 3 is 2.20 bits per heavy atom. The van der Waals surface area contributed by atoms with Crippen molar-refractivity contribution in [2.75, 3.05) is 12.8 Å². The summed E-state index contributed by atoms with van der Waals surface area (Å²) in [6.07, 6.45) is 0. The molecule has 15 nitrogen and oxygen atoms in total. The Balaban J connectivity index is 0.000000328. The van der Waals surface area contributed by atoms with Gasteiger partial charge in [0.05, 0.1) is 17.6 Å². The van der Waals surface area contributed by atoms with Crippen LogP contribution in [0.1, 0.15) is 15.2 Å². The van der Waals surface area contributed by atoms with E-state index in [0.717, 1.165) is 21.3 Å². The van der Waals surface area contributed by atoms with Gasteiger partial charge in [0, 0.05) is 23.0 Å². The quantitative estimate of drug-likeness (QED) is 0.297. The summed E-state index contributed by atoms with van der Waals surface area (Å²) in [4.78, 5) is 34.7. The largest absolute Gasteiger partial charge is 0.478 e. The van der Waals surface area contributed by atoms with Crippen molar-refractivity contribution in [3.05, 3.63) is 50.6 Å². The van der Waals surface area contributed by atoms with Gasteiger partial charge in [-0.25, -0.2) is 45.6 Å². The average Bonchev–Trinajstić information content (AvgIpc) is 3.28. The van der Waals surface area contributed by atoms with Crippen LogP contribution in [0.3, 0.4) is 0 Å². The average molecular weight is 549 g/mol. The number of nitrogens with zero attached hydrogens (tertiary/aromatic N) is 3. The lowest BCUT2D eigenvalue weighted by atomic mass is 10.3. The second-order valence-corrected chi connectivity index (χ2v) is 10.9. The van der Waals surface area contributed by atoms with E-state index in [0.29, 0.717) is 5.69 Å². The minimum Gasteiger partial charge on any atom is -0.478 e. The van der Waals surface area contributed by atoms with E-state index in [9.17, 15) is 31.2 Å². The summed E-state index contributed by atoms with van der Waals surface area (Å²) in [6.45, 7) is 1.39. The van der Waals surface area contributed by atoms with Crippen LogP contribution >= 0.6 is 11.3 Å². The fraction of sp³-hybridized carbons (Fsp3) is 0.176. The molecule has 0 saturated carbocycles.